The van der Waals surface area contributed by atoms with E-state index in [1.807, 2.05) is 36.4 Å². The highest BCUT2D eigenvalue weighted by atomic mass is 35.5. The van der Waals surface area contributed by atoms with E-state index in [4.69, 9.17) is 26.2 Å². The van der Waals surface area contributed by atoms with Crippen LogP contribution < -0.4 is 9.47 Å². The maximum absolute atomic E-state index is 10.7. The van der Waals surface area contributed by atoms with Gasteiger partial charge in [-0.1, -0.05) is 11.6 Å². The first-order valence-electron chi connectivity index (χ1n) is 9.22. The van der Waals surface area contributed by atoms with Crippen molar-refractivity contribution in [3.63, 3.8) is 0 Å². The molecule has 1 atom stereocenters. The molecule has 3 rings (SSSR count). The summed E-state index contributed by atoms with van der Waals surface area (Å²) in [6, 6.07) is 15.1. The van der Waals surface area contributed by atoms with Crippen molar-refractivity contribution in [3.8, 4) is 17.2 Å². The van der Waals surface area contributed by atoms with E-state index >= 15 is 0 Å². The van der Waals surface area contributed by atoms with Crippen LogP contribution in [0.1, 0.15) is 25.7 Å². The predicted octanol–water partition coefficient (Wildman–Crippen LogP) is 5.26. The topological polar surface area (TPSA) is 59.0 Å². The summed E-state index contributed by atoms with van der Waals surface area (Å²) in [5, 5.41) is 9.45. The highest BCUT2D eigenvalue weighted by molar-refractivity contribution is 6.30. The normalized spacial score (nSPS) is 16.4. The molecule has 5 nitrogen and oxygen atoms in total. The summed E-state index contributed by atoms with van der Waals surface area (Å²) in [6.07, 6.45) is 3.13. The Bertz CT molecular complexity index is 737. The van der Waals surface area contributed by atoms with Crippen LogP contribution in [0.25, 0.3) is 0 Å². The molecule has 0 aromatic heterocycles. The van der Waals surface area contributed by atoms with E-state index in [0.717, 1.165) is 43.2 Å². The summed E-state index contributed by atoms with van der Waals surface area (Å²) >= 11 is 5.87. The summed E-state index contributed by atoms with van der Waals surface area (Å²) in [7, 11) is 0. The molecule has 152 valence electrons. The number of nitrogens with zero attached hydrogens (tertiary/aromatic N) is 1. The van der Waals surface area contributed by atoms with Gasteiger partial charge in [-0.3, -0.25) is 9.69 Å². The van der Waals surface area contributed by atoms with E-state index in [-0.39, 0.29) is 18.8 Å². The Morgan fingerprint density at radius 3 is 2.32 bits per heavy atom. The average Bonchev–Trinajstić information content (AvgIpc) is 3.10. The minimum Gasteiger partial charge on any atom is -0.492 e. The molecule has 28 heavy (non-hydrogen) atoms. The molecule has 0 spiro atoms. The molecule has 1 aliphatic rings. The highest BCUT2D eigenvalue weighted by Gasteiger charge is 2.24. The third-order valence-electron chi connectivity index (χ3n) is 4.65. The van der Waals surface area contributed by atoms with Gasteiger partial charge in [-0.15, -0.1) is 12.4 Å². The molecular weight excluding hydrogens is 401 g/mol. The van der Waals surface area contributed by atoms with Crippen LogP contribution in [0.5, 0.6) is 17.2 Å². The Morgan fingerprint density at radius 2 is 1.68 bits per heavy atom. The van der Waals surface area contributed by atoms with Crippen molar-refractivity contribution >= 4 is 30.0 Å². The van der Waals surface area contributed by atoms with E-state index in [0.29, 0.717) is 24.1 Å². The standard InChI is InChI=1S/C21H24ClNO4.ClH/c22-16-5-7-19(8-6-16)27-20-11-9-18(10-12-20)26-15-17-3-1-13-23(17)14-2-4-21(24)25;/h5-12,17H,1-4,13-15H2,(H,24,25);1H/t17-;/m0./s1. The van der Waals surface area contributed by atoms with Gasteiger partial charge in [-0.05, 0) is 80.9 Å². The SMILES string of the molecule is Cl.O=C(O)CCCN1CCC[C@H]1COc1ccc(Oc2ccc(Cl)cc2)cc1. The Kier molecular flexibility index (Phi) is 8.90. The van der Waals surface area contributed by atoms with Crippen LogP contribution in [0, 0.1) is 0 Å². The second kappa shape index (κ2) is 11.1. The Hall–Kier alpha value is -1.95. The maximum Gasteiger partial charge on any atom is 0.303 e. The summed E-state index contributed by atoms with van der Waals surface area (Å²) in [5.41, 5.74) is 0. The van der Waals surface area contributed by atoms with Gasteiger partial charge in [0, 0.05) is 17.5 Å². The lowest BCUT2D eigenvalue weighted by atomic mass is 10.2. The molecule has 7 heteroatoms. The number of ether oxygens (including phenoxy) is 2. The van der Waals surface area contributed by atoms with Crippen LogP contribution in [0.15, 0.2) is 48.5 Å². The first kappa shape index (κ1) is 22.3. The van der Waals surface area contributed by atoms with Crippen molar-refractivity contribution in [2.75, 3.05) is 19.7 Å². The minimum atomic E-state index is -0.733. The van der Waals surface area contributed by atoms with E-state index in [1.165, 1.54) is 0 Å². The van der Waals surface area contributed by atoms with Crippen molar-refractivity contribution < 1.29 is 19.4 Å². The number of likely N-dealkylation sites (tertiary alicyclic amines) is 1. The Morgan fingerprint density at radius 1 is 1.07 bits per heavy atom. The van der Waals surface area contributed by atoms with Gasteiger partial charge >= 0.3 is 5.97 Å². The van der Waals surface area contributed by atoms with Crippen LogP contribution >= 0.6 is 24.0 Å². The minimum absolute atomic E-state index is 0. The summed E-state index contributed by atoms with van der Waals surface area (Å²) in [5.74, 6) is 1.54. The lowest BCUT2D eigenvalue weighted by molar-refractivity contribution is -0.137. The third kappa shape index (κ3) is 6.89. The van der Waals surface area contributed by atoms with Crippen LogP contribution in [-0.2, 0) is 4.79 Å². The average molecular weight is 426 g/mol. The molecule has 0 bridgehead atoms. The van der Waals surface area contributed by atoms with Crippen molar-refractivity contribution in [3.05, 3.63) is 53.6 Å². The third-order valence-corrected chi connectivity index (χ3v) is 4.90. The smallest absolute Gasteiger partial charge is 0.303 e. The highest BCUT2D eigenvalue weighted by Crippen LogP contribution is 2.26. The zero-order valence-corrected chi connectivity index (χ0v) is 17.1. The van der Waals surface area contributed by atoms with Gasteiger partial charge in [0.25, 0.3) is 0 Å². The molecule has 0 radical (unpaired) electrons. The van der Waals surface area contributed by atoms with Gasteiger partial charge in [0.1, 0.15) is 23.9 Å². The molecule has 0 amide bonds. The second-order valence-electron chi connectivity index (χ2n) is 6.67. The fraction of sp³-hybridized carbons (Fsp3) is 0.381. The number of carboxylic acid groups (broad SMARTS) is 1. The summed E-state index contributed by atoms with van der Waals surface area (Å²) in [4.78, 5) is 13.0. The summed E-state index contributed by atoms with van der Waals surface area (Å²) < 4.78 is 11.7. The van der Waals surface area contributed by atoms with Crippen molar-refractivity contribution in [2.24, 2.45) is 0 Å². The Labute approximate surface area is 176 Å². The molecular formula is C21H25Cl2NO4. The first-order chi connectivity index (χ1) is 13.1. The number of hydrogen-bond acceptors (Lipinski definition) is 4. The van der Waals surface area contributed by atoms with E-state index in [2.05, 4.69) is 4.90 Å². The van der Waals surface area contributed by atoms with Gasteiger partial charge in [0.15, 0.2) is 0 Å². The lowest BCUT2D eigenvalue weighted by Crippen LogP contribution is -2.35. The van der Waals surface area contributed by atoms with Crippen molar-refractivity contribution in [1.29, 1.82) is 0 Å². The molecule has 0 unspecified atom stereocenters. The number of halogens is 2. The van der Waals surface area contributed by atoms with Crippen LogP contribution in [0.2, 0.25) is 5.02 Å². The zero-order chi connectivity index (χ0) is 19.1. The molecule has 1 saturated heterocycles. The van der Waals surface area contributed by atoms with E-state index in [1.54, 1.807) is 12.1 Å². The summed E-state index contributed by atoms with van der Waals surface area (Å²) in [6.45, 7) is 2.44. The second-order valence-corrected chi connectivity index (χ2v) is 7.10. The van der Waals surface area contributed by atoms with Gasteiger partial charge in [0.2, 0.25) is 0 Å². The quantitative estimate of drug-likeness (QED) is 0.593. The zero-order valence-electron chi connectivity index (χ0n) is 15.6. The number of carbonyl (C=O) groups is 1. The van der Waals surface area contributed by atoms with Crippen LogP contribution in [-0.4, -0.2) is 41.7 Å². The number of carboxylic acids is 1. The van der Waals surface area contributed by atoms with Crippen LogP contribution in [0.3, 0.4) is 0 Å². The molecule has 2 aromatic rings. The van der Waals surface area contributed by atoms with Crippen LogP contribution in [0.4, 0.5) is 0 Å². The first-order valence-corrected chi connectivity index (χ1v) is 9.60. The fourth-order valence-electron chi connectivity index (χ4n) is 3.25. The lowest BCUT2D eigenvalue weighted by Gasteiger charge is -2.24. The van der Waals surface area contributed by atoms with E-state index < -0.39 is 5.97 Å². The van der Waals surface area contributed by atoms with E-state index in [9.17, 15) is 4.79 Å². The molecule has 1 heterocycles. The monoisotopic (exact) mass is 425 g/mol. The largest absolute Gasteiger partial charge is 0.492 e. The van der Waals surface area contributed by atoms with Gasteiger partial charge in [-0.25, -0.2) is 0 Å². The van der Waals surface area contributed by atoms with Crippen molar-refractivity contribution in [1.82, 2.24) is 4.90 Å². The van der Waals surface area contributed by atoms with Gasteiger partial charge < -0.3 is 14.6 Å². The molecule has 1 aliphatic heterocycles. The number of hydrogen-bond donors (Lipinski definition) is 1. The Balaban J connectivity index is 0.00000280. The molecule has 1 fully saturated rings. The number of rotatable bonds is 9. The van der Waals surface area contributed by atoms with Gasteiger partial charge in [-0.2, -0.15) is 0 Å². The molecule has 2 aromatic carbocycles. The van der Waals surface area contributed by atoms with Gasteiger partial charge in [0.05, 0.1) is 0 Å². The maximum atomic E-state index is 10.7. The number of aliphatic carboxylic acids is 1. The molecule has 0 saturated carbocycles. The number of benzene rings is 2. The predicted molar refractivity (Wildman–Crippen MR) is 112 cm³/mol. The molecule has 1 N–H and O–H groups in total. The van der Waals surface area contributed by atoms with Crippen molar-refractivity contribution in [2.45, 2.75) is 31.7 Å². The fourth-order valence-corrected chi connectivity index (χ4v) is 3.37. The molecule has 0 aliphatic carbocycles.